The first kappa shape index (κ1) is 12.6. The molecule has 1 saturated heterocycles. The highest BCUT2D eigenvalue weighted by Gasteiger charge is 2.15. The predicted octanol–water partition coefficient (Wildman–Crippen LogP) is 0.971. The second-order valence-electron chi connectivity index (χ2n) is 4.89. The molecule has 1 atom stereocenters. The molecule has 1 aromatic heterocycles. The fourth-order valence-corrected chi connectivity index (χ4v) is 2.25. The van der Waals surface area contributed by atoms with Gasteiger partial charge in [-0.25, -0.2) is 0 Å². The van der Waals surface area contributed by atoms with Crippen LogP contribution in [0, 0.1) is 6.92 Å². The highest BCUT2D eigenvalue weighted by Crippen LogP contribution is 2.05. The Morgan fingerprint density at radius 3 is 3.12 bits per heavy atom. The molecule has 0 bridgehead atoms. The minimum atomic E-state index is 0.625. The fourth-order valence-electron chi connectivity index (χ4n) is 2.25. The Labute approximate surface area is 103 Å². The summed E-state index contributed by atoms with van der Waals surface area (Å²) in [5.74, 6) is 2.01. The van der Waals surface area contributed by atoms with Crippen molar-refractivity contribution in [3.05, 3.63) is 23.7 Å². The van der Waals surface area contributed by atoms with Gasteiger partial charge in [0.15, 0.2) is 0 Å². The summed E-state index contributed by atoms with van der Waals surface area (Å²) in [5, 5.41) is 6.97. The number of rotatable bonds is 5. The van der Waals surface area contributed by atoms with Crippen molar-refractivity contribution >= 4 is 0 Å². The maximum Gasteiger partial charge on any atom is 0.117 e. The average Bonchev–Trinajstić information content (AvgIpc) is 2.71. The Bertz CT molecular complexity index is 337. The van der Waals surface area contributed by atoms with E-state index in [0.717, 1.165) is 44.2 Å². The summed E-state index contributed by atoms with van der Waals surface area (Å²) in [6.07, 6.45) is 1.17. The summed E-state index contributed by atoms with van der Waals surface area (Å²) < 4.78 is 5.51. The molecule has 0 aliphatic carbocycles. The third-order valence-corrected chi connectivity index (χ3v) is 3.22. The SMILES string of the molecule is Cc1ccc(CNCCC2CN(C)CCN2)o1. The van der Waals surface area contributed by atoms with Crippen molar-refractivity contribution in [1.82, 2.24) is 15.5 Å². The molecule has 4 nitrogen and oxygen atoms in total. The Morgan fingerprint density at radius 1 is 1.53 bits per heavy atom. The quantitative estimate of drug-likeness (QED) is 0.749. The highest BCUT2D eigenvalue weighted by molar-refractivity contribution is 5.05. The van der Waals surface area contributed by atoms with Gasteiger partial charge in [-0.15, -0.1) is 0 Å². The van der Waals surface area contributed by atoms with Crippen LogP contribution in [0.4, 0.5) is 0 Å². The van der Waals surface area contributed by atoms with Gasteiger partial charge >= 0.3 is 0 Å². The van der Waals surface area contributed by atoms with Crippen LogP contribution in [0.1, 0.15) is 17.9 Å². The van der Waals surface area contributed by atoms with Gasteiger partial charge in [-0.2, -0.15) is 0 Å². The maximum atomic E-state index is 5.51. The summed E-state index contributed by atoms with van der Waals surface area (Å²) in [5.41, 5.74) is 0. The number of piperazine rings is 1. The summed E-state index contributed by atoms with van der Waals surface area (Å²) in [6, 6.07) is 4.67. The lowest BCUT2D eigenvalue weighted by atomic mass is 10.1. The summed E-state index contributed by atoms with van der Waals surface area (Å²) in [7, 11) is 2.19. The zero-order chi connectivity index (χ0) is 12.1. The van der Waals surface area contributed by atoms with E-state index in [-0.39, 0.29) is 0 Å². The zero-order valence-electron chi connectivity index (χ0n) is 10.8. The molecule has 0 amide bonds. The van der Waals surface area contributed by atoms with E-state index < -0.39 is 0 Å². The van der Waals surface area contributed by atoms with Crippen molar-refractivity contribution in [3.63, 3.8) is 0 Å². The number of hydrogen-bond acceptors (Lipinski definition) is 4. The maximum absolute atomic E-state index is 5.51. The van der Waals surface area contributed by atoms with Crippen LogP contribution in [0.3, 0.4) is 0 Å². The molecule has 1 aliphatic rings. The van der Waals surface area contributed by atoms with Gasteiger partial charge in [0.1, 0.15) is 11.5 Å². The van der Waals surface area contributed by atoms with Crippen molar-refractivity contribution in [2.75, 3.05) is 33.2 Å². The number of furan rings is 1. The Morgan fingerprint density at radius 2 is 2.41 bits per heavy atom. The second-order valence-corrected chi connectivity index (χ2v) is 4.89. The van der Waals surface area contributed by atoms with Crippen LogP contribution in [-0.2, 0) is 6.54 Å². The minimum Gasteiger partial charge on any atom is -0.465 e. The molecule has 96 valence electrons. The predicted molar refractivity (Wildman–Crippen MR) is 69.1 cm³/mol. The topological polar surface area (TPSA) is 40.4 Å². The van der Waals surface area contributed by atoms with Gasteiger partial charge in [0.25, 0.3) is 0 Å². The summed E-state index contributed by atoms with van der Waals surface area (Å²) in [6.45, 7) is 7.27. The molecule has 2 heterocycles. The van der Waals surface area contributed by atoms with E-state index in [1.807, 2.05) is 19.1 Å². The van der Waals surface area contributed by atoms with Crippen molar-refractivity contribution in [1.29, 1.82) is 0 Å². The molecule has 0 saturated carbocycles. The molecule has 1 aliphatic heterocycles. The smallest absolute Gasteiger partial charge is 0.117 e. The van der Waals surface area contributed by atoms with E-state index in [0.29, 0.717) is 6.04 Å². The van der Waals surface area contributed by atoms with E-state index in [1.165, 1.54) is 6.42 Å². The van der Waals surface area contributed by atoms with Crippen LogP contribution in [0.5, 0.6) is 0 Å². The molecule has 2 rings (SSSR count). The monoisotopic (exact) mass is 237 g/mol. The number of nitrogens with zero attached hydrogens (tertiary/aromatic N) is 1. The molecule has 1 aromatic rings. The Hall–Kier alpha value is -0.840. The van der Waals surface area contributed by atoms with Gasteiger partial charge in [0.05, 0.1) is 6.54 Å². The number of hydrogen-bond donors (Lipinski definition) is 2. The molecule has 0 aromatic carbocycles. The van der Waals surface area contributed by atoms with E-state index >= 15 is 0 Å². The van der Waals surface area contributed by atoms with Crippen LogP contribution >= 0.6 is 0 Å². The lowest BCUT2D eigenvalue weighted by Crippen LogP contribution is -2.49. The van der Waals surface area contributed by atoms with Gasteiger partial charge in [-0.3, -0.25) is 0 Å². The first-order valence-electron chi connectivity index (χ1n) is 6.42. The standard InChI is InChI=1S/C13H23N3O/c1-11-3-4-13(17-11)9-14-6-5-12-10-16(2)8-7-15-12/h3-4,12,14-15H,5-10H2,1-2H3. The number of aryl methyl sites for hydroxylation is 1. The molecule has 17 heavy (non-hydrogen) atoms. The van der Waals surface area contributed by atoms with Gasteiger partial charge in [-0.1, -0.05) is 0 Å². The molecular formula is C13H23N3O. The molecule has 0 spiro atoms. The van der Waals surface area contributed by atoms with Crippen LogP contribution in [0.2, 0.25) is 0 Å². The molecule has 2 N–H and O–H groups in total. The van der Waals surface area contributed by atoms with Gasteiger partial charge in [-0.05, 0) is 39.1 Å². The first-order valence-corrected chi connectivity index (χ1v) is 6.42. The van der Waals surface area contributed by atoms with Crippen molar-refractivity contribution in [2.24, 2.45) is 0 Å². The third-order valence-electron chi connectivity index (χ3n) is 3.22. The van der Waals surface area contributed by atoms with Gasteiger partial charge in [0.2, 0.25) is 0 Å². The van der Waals surface area contributed by atoms with Gasteiger partial charge < -0.3 is 20.0 Å². The Balaban J connectivity index is 1.59. The van der Waals surface area contributed by atoms with E-state index in [9.17, 15) is 0 Å². The molecular weight excluding hydrogens is 214 g/mol. The van der Waals surface area contributed by atoms with E-state index in [1.54, 1.807) is 0 Å². The van der Waals surface area contributed by atoms with Crippen molar-refractivity contribution in [2.45, 2.75) is 25.9 Å². The van der Waals surface area contributed by atoms with E-state index in [4.69, 9.17) is 4.42 Å². The molecule has 4 heteroatoms. The van der Waals surface area contributed by atoms with Crippen LogP contribution < -0.4 is 10.6 Å². The number of nitrogens with one attached hydrogen (secondary N) is 2. The summed E-state index contributed by atoms with van der Waals surface area (Å²) in [4.78, 5) is 2.39. The van der Waals surface area contributed by atoms with Gasteiger partial charge in [0, 0.05) is 25.7 Å². The summed E-state index contributed by atoms with van der Waals surface area (Å²) >= 11 is 0. The minimum absolute atomic E-state index is 0.625. The van der Waals surface area contributed by atoms with Crippen molar-refractivity contribution in [3.8, 4) is 0 Å². The van der Waals surface area contributed by atoms with E-state index in [2.05, 4.69) is 22.6 Å². The van der Waals surface area contributed by atoms with Crippen LogP contribution in [0.15, 0.2) is 16.5 Å². The second kappa shape index (κ2) is 6.19. The normalized spacial score (nSPS) is 21.9. The largest absolute Gasteiger partial charge is 0.465 e. The highest BCUT2D eigenvalue weighted by atomic mass is 16.3. The first-order chi connectivity index (χ1) is 8.24. The molecule has 1 fully saturated rings. The molecule has 0 radical (unpaired) electrons. The van der Waals surface area contributed by atoms with Crippen LogP contribution in [-0.4, -0.2) is 44.2 Å². The number of likely N-dealkylation sites (N-methyl/N-ethyl adjacent to an activating group) is 1. The fraction of sp³-hybridized carbons (Fsp3) is 0.692. The zero-order valence-corrected chi connectivity index (χ0v) is 10.8. The molecule has 1 unspecified atom stereocenters. The lowest BCUT2D eigenvalue weighted by Gasteiger charge is -2.30. The third kappa shape index (κ3) is 4.15. The van der Waals surface area contributed by atoms with Crippen LogP contribution in [0.25, 0.3) is 0 Å². The average molecular weight is 237 g/mol. The lowest BCUT2D eigenvalue weighted by molar-refractivity contribution is 0.231. The Kier molecular flexibility index (Phi) is 4.59. The van der Waals surface area contributed by atoms with Crippen molar-refractivity contribution < 1.29 is 4.42 Å².